The summed E-state index contributed by atoms with van der Waals surface area (Å²) < 4.78 is 30.6. The summed E-state index contributed by atoms with van der Waals surface area (Å²) in [4.78, 5) is 26.1. The van der Waals surface area contributed by atoms with Gasteiger partial charge >= 0.3 is 0 Å². The standard InChI is InChI=1S/C23H27N3O5S/c1-14-5-2-8-16(11-14)32(30,31)26-19-12-25-18(9-4-10-20(25)28)22(26)21(17(19)13-27)23(29)24-15-6-3-7-15/h2,4-5,8-11,15,17,19,21-22,27H,3,6-7,12-13H2,1H3,(H,24,29)/t17-,19-,21+,22+/m1/s1. The van der Waals surface area contributed by atoms with E-state index in [0.717, 1.165) is 24.8 Å². The van der Waals surface area contributed by atoms with Gasteiger partial charge in [-0.2, -0.15) is 4.31 Å². The van der Waals surface area contributed by atoms with Gasteiger partial charge < -0.3 is 15.0 Å². The van der Waals surface area contributed by atoms with Crippen molar-refractivity contribution in [2.24, 2.45) is 11.8 Å². The highest BCUT2D eigenvalue weighted by Crippen LogP contribution is 2.50. The summed E-state index contributed by atoms with van der Waals surface area (Å²) in [5.41, 5.74) is 1.07. The third-order valence-electron chi connectivity index (χ3n) is 7.18. The summed E-state index contributed by atoms with van der Waals surface area (Å²) in [5, 5.41) is 13.3. The third-order valence-corrected chi connectivity index (χ3v) is 9.09. The van der Waals surface area contributed by atoms with Gasteiger partial charge in [-0.3, -0.25) is 9.59 Å². The van der Waals surface area contributed by atoms with Crippen LogP contribution in [0.2, 0.25) is 0 Å². The molecule has 2 N–H and O–H groups in total. The van der Waals surface area contributed by atoms with Crippen molar-refractivity contribution < 1.29 is 18.3 Å². The molecule has 9 heteroatoms. The van der Waals surface area contributed by atoms with Gasteiger partial charge in [-0.25, -0.2) is 8.42 Å². The van der Waals surface area contributed by atoms with Crippen molar-refractivity contribution in [2.75, 3.05) is 6.61 Å². The van der Waals surface area contributed by atoms with E-state index in [1.807, 2.05) is 13.0 Å². The number of amides is 1. The first-order valence-electron chi connectivity index (χ1n) is 11.0. The van der Waals surface area contributed by atoms with E-state index in [4.69, 9.17) is 0 Å². The first kappa shape index (κ1) is 21.4. The number of hydrogen-bond donors (Lipinski definition) is 2. The first-order chi connectivity index (χ1) is 15.3. The van der Waals surface area contributed by atoms with E-state index in [-0.39, 0.29) is 35.6 Å². The predicted octanol–water partition coefficient (Wildman–Crippen LogP) is 1.18. The minimum atomic E-state index is -3.98. The number of nitrogens with one attached hydrogen (secondary N) is 1. The van der Waals surface area contributed by atoms with E-state index in [0.29, 0.717) is 5.69 Å². The van der Waals surface area contributed by atoms with E-state index < -0.39 is 33.9 Å². The zero-order valence-electron chi connectivity index (χ0n) is 17.8. The Bertz CT molecular complexity index is 1220. The van der Waals surface area contributed by atoms with Crippen LogP contribution in [0.25, 0.3) is 0 Å². The number of carbonyl (C=O) groups is 1. The third kappa shape index (κ3) is 3.22. The molecule has 1 saturated heterocycles. The number of carbonyl (C=O) groups excluding carboxylic acids is 1. The van der Waals surface area contributed by atoms with Crippen molar-refractivity contribution >= 4 is 15.9 Å². The fourth-order valence-corrected chi connectivity index (χ4v) is 7.33. The molecule has 0 unspecified atom stereocenters. The SMILES string of the molecule is Cc1cccc(S(=O)(=O)N2[C@@H]3Cn4c(cccc4=O)[C@H]2[C@@H](C(=O)NC2CCC2)[C@@H]3CO)c1. The normalized spacial score (nSPS) is 27.6. The molecule has 1 aromatic carbocycles. The number of rotatable bonds is 5. The Balaban J connectivity index is 1.66. The fraction of sp³-hybridized carbons (Fsp3) is 0.478. The van der Waals surface area contributed by atoms with Gasteiger partial charge in [0.15, 0.2) is 0 Å². The molecule has 1 amide bonds. The second-order valence-electron chi connectivity index (χ2n) is 9.07. The van der Waals surface area contributed by atoms with Crippen molar-refractivity contribution in [3.05, 3.63) is 64.1 Å². The van der Waals surface area contributed by atoms with E-state index in [1.54, 1.807) is 34.9 Å². The van der Waals surface area contributed by atoms with Crippen molar-refractivity contribution in [1.82, 2.24) is 14.2 Å². The Morgan fingerprint density at radius 1 is 1.19 bits per heavy atom. The van der Waals surface area contributed by atoms with Gasteiger partial charge in [-0.05, 0) is 49.9 Å². The molecule has 5 rings (SSSR count). The lowest BCUT2D eigenvalue weighted by Crippen LogP contribution is -2.49. The minimum absolute atomic E-state index is 0.0853. The van der Waals surface area contributed by atoms with Gasteiger partial charge in [-0.15, -0.1) is 0 Å². The molecule has 1 aromatic heterocycles. The second kappa shape index (κ2) is 7.83. The van der Waals surface area contributed by atoms with E-state index in [9.17, 15) is 23.1 Å². The minimum Gasteiger partial charge on any atom is -0.396 e. The topological polar surface area (TPSA) is 109 Å². The maximum atomic E-state index is 13.8. The van der Waals surface area contributed by atoms with Crippen molar-refractivity contribution in [3.63, 3.8) is 0 Å². The maximum absolute atomic E-state index is 13.8. The largest absolute Gasteiger partial charge is 0.396 e. The molecular formula is C23H27N3O5S. The Morgan fingerprint density at radius 3 is 2.59 bits per heavy atom. The average Bonchev–Trinajstić information content (AvgIpc) is 2.99. The van der Waals surface area contributed by atoms with Gasteiger partial charge in [0.25, 0.3) is 5.56 Å². The Labute approximate surface area is 186 Å². The molecule has 32 heavy (non-hydrogen) atoms. The number of aliphatic hydroxyl groups is 1. The highest BCUT2D eigenvalue weighted by molar-refractivity contribution is 7.89. The number of hydrogen-bond acceptors (Lipinski definition) is 5. The smallest absolute Gasteiger partial charge is 0.250 e. The number of aromatic nitrogens is 1. The van der Waals surface area contributed by atoms with E-state index in [1.165, 1.54) is 10.4 Å². The van der Waals surface area contributed by atoms with Crippen LogP contribution in [0, 0.1) is 18.8 Å². The molecule has 2 fully saturated rings. The van der Waals surface area contributed by atoms with Gasteiger partial charge in [0.2, 0.25) is 15.9 Å². The number of pyridine rings is 1. The lowest BCUT2D eigenvalue weighted by atomic mass is 9.85. The summed E-state index contributed by atoms with van der Waals surface area (Å²) in [6.07, 6.45) is 2.85. The highest BCUT2D eigenvalue weighted by atomic mass is 32.2. The summed E-state index contributed by atoms with van der Waals surface area (Å²) in [6.45, 7) is 1.59. The number of sulfonamides is 1. The molecule has 3 heterocycles. The summed E-state index contributed by atoms with van der Waals surface area (Å²) >= 11 is 0. The average molecular weight is 458 g/mol. The molecule has 3 aliphatic rings. The number of aryl methyl sites for hydroxylation is 1. The van der Waals surface area contributed by atoms with Crippen LogP contribution < -0.4 is 10.9 Å². The highest BCUT2D eigenvalue weighted by Gasteiger charge is 2.60. The maximum Gasteiger partial charge on any atom is 0.250 e. The van der Waals surface area contributed by atoms with E-state index in [2.05, 4.69) is 5.32 Å². The lowest BCUT2D eigenvalue weighted by Gasteiger charge is -2.37. The number of fused-ring (bicyclic) bond motifs is 4. The molecule has 1 aliphatic carbocycles. The number of benzene rings is 1. The molecule has 170 valence electrons. The van der Waals surface area contributed by atoms with Crippen molar-refractivity contribution in [2.45, 2.75) is 55.8 Å². The van der Waals surface area contributed by atoms with Gasteiger partial charge in [-0.1, -0.05) is 18.2 Å². The van der Waals surface area contributed by atoms with Crippen molar-refractivity contribution in [3.8, 4) is 0 Å². The molecule has 2 aromatic rings. The molecule has 0 spiro atoms. The molecule has 8 nitrogen and oxygen atoms in total. The molecule has 2 bridgehead atoms. The van der Waals surface area contributed by atoms with E-state index >= 15 is 0 Å². The van der Waals surface area contributed by atoms with Crippen LogP contribution >= 0.6 is 0 Å². The molecular weight excluding hydrogens is 430 g/mol. The Kier molecular flexibility index (Phi) is 5.22. The lowest BCUT2D eigenvalue weighted by molar-refractivity contribution is -0.128. The van der Waals surface area contributed by atoms with Crippen molar-refractivity contribution in [1.29, 1.82) is 0 Å². The number of aliphatic hydroxyl groups excluding tert-OH is 1. The first-order valence-corrected chi connectivity index (χ1v) is 12.5. The summed E-state index contributed by atoms with van der Waals surface area (Å²) in [7, 11) is -3.98. The molecule has 1 saturated carbocycles. The summed E-state index contributed by atoms with van der Waals surface area (Å²) in [5.74, 6) is -1.64. The van der Waals surface area contributed by atoms with Crippen LogP contribution in [0.1, 0.15) is 36.6 Å². The van der Waals surface area contributed by atoms with Crippen LogP contribution in [0.15, 0.2) is 52.2 Å². The molecule has 4 atom stereocenters. The zero-order chi connectivity index (χ0) is 22.6. The monoisotopic (exact) mass is 457 g/mol. The van der Waals surface area contributed by atoms with Crippen LogP contribution in [-0.2, 0) is 21.4 Å². The van der Waals surface area contributed by atoms with Crippen LogP contribution in [0.3, 0.4) is 0 Å². The Morgan fingerprint density at radius 2 is 1.94 bits per heavy atom. The van der Waals surface area contributed by atoms with Gasteiger partial charge in [0.1, 0.15) is 0 Å². The second-order valence-corrected chi connectivity index (χ2v) is 10.9. The van der Waals surface area contributed by atoms with Gasteiger partial charge in [0.05, 0.1) is 16.9 Å². The quantitative estimate of drug-likeness (QED) is 0.701. The zero-order valence-corrected chi connectivity index (χ0v) is 18.7. The molecule has 2 aliphatic heterocycles. The van der Waals surface area contributed by atoms with Crippen LogP contribution in [0.5, 0.6) is 0 Å². The Hall–Kier alpha value is -2.49. The summed E-state index contributed by atoms with van der Waals surface area (Å²) in [6, 6.07) is 9.95. The molecule has 0 radical (unpaired) electrons. The number of nitrogens with zero attached hydrogens (tertiary/aromatic N) is 2. The van der Waals surface area contributed by atoms with Gasteiger partial charge in [0, 0.05) is 42.9 Å². The fourth-order valence-electron chi connectivity index (χ4n) is 5.38. The van der Waals surface area contributed by atoms with Crippen LogP contribution in [-0.4, -0.2) is 47.0 Å². The van der Waals surface area contributed by atoms with Crippen LogP contribution in [0.4, 0.5) is 0 Å². The predicted molar refractivity (Wildman–Crippen MR) is 117 cm³/mol.